The Balaban J connectivity index is 1.75. The number of nitrogens with one attached hydrogen (secondary N) is 2. The molecule has 1 aromatic carbocycles. The summed E-state index contributed by atoms with van der Waals surface area (Å²) in [7, 11) is 3.54. The monoisotopic (exact) mass is 361 g/mol. The van der Waals surface area contributed by atoms with Crippen molar-refractivity contribution in [1.29, 1.82) is 0 Å². The minimum absolute atomic E-state index is 0.0965. The van der Waals surface area contributed by atoms with E-state index in [1.807, 2.05) is 24.1 Å². The van der Waals surface area contributed by atoms with Gasteiger partial charge in [0.1, 0.15) is 0 Å². The molecule has 0 aromatic heterocycles. The predicted octanol–water partition coefficient (Wildman–Crippen LogP) is 2.66. The maximum atomic E-state index is 12.4. The Kier molecular flexibility index (Phi) is 8.41. The maximum Gasteiger partial charge on any atom is 0.251 e. The molecule has 6 nitrogen and oxygen atoms in total. The minimum atomic E-state index is -0.0965. The molecule has 0 radical (unpaired) electrons. The number of carbonyl (C=O) groups is 2. The van der Waals surface area contributed by atoms with E-state index in [0.29, 0.717) is 24.8 Å². The molecule has 1 aliphatic rings. The van der Waals surface area contributed by atoms with Gasteiger partial charge in [-0.3, -0.25) is 9.59 Å². The summed E-state index contributed by atoms with van der Waals surface area (Å²) in [6.45, 7) is 1.50. The van der Waals surface area contributed by atoms with Crippen LogP contribution < -0.4 is 10.6 Å². The van der Waals surface area contributed by atoms with Crippen LogP contribution >= 0.6 is 0 Å². The summed E-state index contributed by atoms with van der Waals surface area (Å²) in [5.41, 5.74) is 1.45. The van der Waals surface area contributed by atoms with Crippen LogP contribution in [0.25, 0.3) is 0 Å². The number of likely N-dealkylation sites (N-methyl/N-ethyl adjacent to an activating group) is 1. The topological polar surface area (TPSA) is 70.7 Å². The minimum Gasteiger partial charge on any atom is -0.385 e. The largest absolute Gasteiger partial charge is 0.385 e. The summed E-state index contributed by atoms with van der Waals surface area (Å²) in [6, 6.07) is 7.57. The average molecular weight is 361 g/mol. The Bertz CT molecular complexity index is 568. The van der Waals surface area contributed by atoms with Crippen molar-refractivity contribution in [3.8, 4) is 0 Å². The van der Waals surface area contributed by atoms with Gasteiger partial charge in [-0.2, -0.15) is 0 Å². The number of methoxy groups -OCH3 is 1. The third kappa shape index (κ3) is 6.33. The highest BCUT2D eigenvalue weighted by Gasteiger charge is 2.21. The first-order valence-electron chi connectivity index (χ1n) is 9.48. The number of ether oxygens (including phenoxy) is 1. The first-order valence-corrected chi connectivity index (χ1v) is 9.48. The van der Waals surface area contributed by atoms with E-state index in [9.17, 15) is 9.59 Å². The number of amides is 2. The predicted molar refractivity (Wildman–Crippen MR) is 103 cm³/mol. The number of hydrogen-bond acceptors (Lipinski definition) is 4. The van der Waals surface area contributed by atoms with Crippen molar-refractivity contribution in [2.24, 2.45) is 0 Å². The lowest BCUT2D eigenvalue weighted by atomic mass is 9.94. The molecule has 1 aromatic rings. The molecule has 0 unspecified atom stereocenters. The Morgan fingerprint density at radius 2 is 1.85 bits per heavy atom. The van der Waals surface area contributed by atoms with Crippen LogP contribution in [0.15, 0.2) is 24.3 Å². The molecule has 26 heavy (non-hydrogen) atoms. The van der Waals surface area contributed by atoms with E-state index in [1.165, 1.54) is 19.3 Å². The zero-order valence-electron chi connectivity index (χ0n) is 15.9. The second-order valence-corrected chi connectivity index (χ2v) is 6.83. The van der Waals surface area contributed by atoms with Crippen LogP contribution in [0.3, 0.4) is 0 Å². The van der Waals surface area contributed by atoms with E-state index in [4.69, 9.17) is 4.74 Å². The number of hydrogen-bond donors (Lipinski definition) is 2. The number of anilines is 1. The molecule has 1 aliphatic carbocycles. The van der Waals surface area contributed by atoms with Gasteiger partial charge in [0.15, 0.2) is 0 Å². The number of carbonyl (C=O) groups excluding carboxylic acids is 2. The van der Waals surface area contributed by atoms with Crippen molar-refractivity contribution in [3.63, 3.8) is 0 Å². The van der Waals surface area contributed by atoms with Crippen molar-refractivity contribution < 1.29 is 14.3 Å². The molecule has 1 saturated carbocycles. The van der Waals surface area contributed by atoms with Crippen molar-refractivity contribution in [2.75, 3.05) is 39.2 Å². The fourth-order valence-corrected chi connectivity index (χ4v) is 3.23. The maximum absolute atomic E-state index is 12.4. The number of rotatable bonds is 9. The molecule has 0 saturated heterocycles. The number of benzene rings is 1. The van der Waals surface area contributed by atoms with Gasteiger partial charge in [0.2, 0.25) is 5.91 Å². The van der Waals surface area contributed by atoms with E-state index < -0.39 is 0 Å². The van der Waals surface area contributed by atoms with Gasteiger partial charge in [-0.25, -0.2) is 0 Å². The molecule has 0 aliphatic heterocycles. The van der Waals surface area contributed by atoms with Gasteiger partial charge in [0.05, 0.1) is 6.54 Å². The molecule has 0 bridgehead atoms. The molecule has 0 heterocycles. The van der Waals surface area contributed by atoms with Gasteiger partial charge in [0, 0.05) is 44.6 Å². The van der Waals surface area contributed by atoms with E-state index in [1.54, 1.807) is 19.2 Å². The quantitative estimate of drug-likeness (QED) is 0.664. The highest BCUT2D eigenvalue weighted by molar-refractivity contribution is 5.94. The molecule has 2 rings (SSSR count). The Labute approximate surface area is 156 Å². The molecule has 0 atom stereocenters. The third-order valence-corrected chi connectivity index (χ3v) is 4.92. The van der Waals surface area contributed by atoms with Gasteiger partial charge in [0.25, 0.3) is 5.91 Å². The van der Waals surface area contributed by atoms with Gasteiger partial charge >= 0.3 is 0 Å². The van der Waals surface area contributed by atoms with Gasteiger partial charge in [-0.15, -0.1) is 0 Å². The molecule has 2 N–H and O–H groups in total. The molecule has 144 valence electrons. The van der Waals surface area contributed by atoms with E-state index in [-0.39, 0.29) is 18.4 Å². The summed E-state index contributed by atoms with van der Waals surface area (Å²) >= 11 is 0. The first-order chi connectivity index (χ1) is 12.6. The molecule has 6 heteroatoms. The van der Waals surface area contributed by atoms with Crippen molar-refractivity contribution in [1.82, 2.24) is 10.2 Å². The summed E-state index contributed by atoms with van der Waals surface area (Å²) < 4.78 is 4.96. The first kappa shape index (κ1) is 20.2. The molecule has 0 spiro atoms. The van der Waals surface area contributed by atoms with Crippen LogP contribution in [-0.2, 0) is 9.53 Å². The Morgan fingerprint density at radius 1 is 1.15 bits per heavy atom. The standard InChI is InChI=1S/C20H31N3O3/c1-23(18-7-4-3-5-8-18)19(24)15-22-17-11-9-16(10-12-17)20(25)21-13-6-14-26-2/h9-12,18,22H,3-8,13-15H2,1-2H3,(H,21,25). The Morgan fingerprint density at radius 3 is 2.50 bits per heavy atom. The summed E-state index contributed by atoms with van der Waals surface area (Å²) in [5, 5.41) is 6.01. The highest BCUT2D eigenvalue weighted by Crippen LogP contribution is 2.21. The second-order valence-electron chi connectivity index (χ2n) is 6.83. The fourth-order valence-electron chi connectivity index (χ4n) is 3.23. The van der Waals surface area contributed by atoms with Crippen LogP contribution in [0.4, 0.5) is 5.69 Å². The summed E-state index contributed by atoms with van der Waals surface area (Å²) in [5.74, 6) is 0.0117. The summed E-state index contributed by atoms with van der Waals surface area (Å²) in [4.78, 5) is 26.3. The zero-order chi connectivity index (χ0) is 18.8. The van der Waals surface area contributed by atoms with Crippen molar-refractivity contribution in [2.45, 2.75) is 44.6 Å². The lowest BCUT2D eigenvalue weighted by Gasteiger charge is -2.31. The van der Waals surface area contributed by atoms with Crippen LogP contribution in [-0.4, -0.2) is 56.6 Å². The molecular weight excluding hydrogens is 330 g/mol. The lowest BCUT2D eigenvalue weighted by molar-refractivity contribution is -0.130. The lowest BCUT2D eigenvalue weighted by Crippen LogP contribution is -2.41. The van der Waals surface area contributed by atoms with Gasteiger partial charge in [-0.1, -0.05) is 19.3 Å². The van der Waals surface area contributed by atoms with Crippen molar-refractivity contribution in [3.05, 3.63) is 29.8 Å². The van der Waals surface area contributed by atoms with Gasteiger partial charge < -0.3 is 20.3 Å². The third-order valence-electron chi connectivity index (χ3n) is 4.92. The Hall–Kier alpha value is -2.08. The summed E-state index contributed by atoms with van der Waals surface area (Å²) in [6.07, 6.45) is 6.71. The van der Waals surface area contributed by atoms with E-state index in [0.717, 1.165) is 24.9 Å². The van der Waals surface area contributed by atoms with Crippen molar-refractivity contribution >= 4 is 17.5 Å². The molecule has 1 fully saturated rings. The van der Waals surface area contributed by atoms with E-state index in [2.05, 4.69) is 10.6 Å². The van der Waals surface area contributed by atoms with Crippen LogP contribution in [0.5, 0.6) is 0 Å². The van der Waals surface area contributed by atoms with Gasteiger partial charge in [-0.05, 0) is 43.5 Å². The molecule has 2 amide bonds. The second kappa shape index (κ2) is 10.8. The average Bonchev–Trinajstić information content (AvgIpc) is 2.69. The smallest absolute Gasteiger partial charge is 0.251 e. The molecular formula is C20H31N3O3. The number of nitrogens with zero attached hydrogens (tertiary/aromatic N) is 1. The van der Waals surface area contributed by atoms with Crippen LogP contribution in [0.1, 0.15) is 48.9 Å². The van der Waals surface area contributed by atoms with Crippen LogP contribution in [0.2, 0.25) is 0 Å². The normalized spacial score (nSPS) is 14.7. The fraction of sp³-hybridized carbons (Fsp3) is 0.600. The van der Waals surface area contributed by atoms with E-state index >= 15 is 0 Å². The SMILES string of the molecule is COCCCNC(=O)c1ccc(NCC(=O)N(C)C2CCCCC2)cc1. The highest BCUT2D eigenvalue weighted by atomic mass is 16.5. The zero-order valence-corrected chi connectivity index (χ0v) is 15.9. The van der Waals surface area contributed by atoms with Crippen LogP contribution in [0, 0.1) is 0 Å².